The van der Waals surface area contributed by atoms with Gasteiger partial charge in [0, 0.05) is 13.1 Å². The van der Waals surface area contributed by atoms with Crippen molar-refractivity contribution in [1.29, 1.82) is 0 Å². The summed E-state index contributed by atoms with van der Waals surface area (Å²) in [6.07, 6.45) is 2.86. The number of hydrogen-bond donors (Lipinski definition) is 1. The lowest BCUT2D eigenvalue weighted by molar-refractivity contribution is 0.214. The number of carbonyl (C=O) groups is 1. The number of thioether (sulfide) groups is 1. The van der Waals surface area contributed by atoms with Gasteiger partial charge in [0.05, 0.1) is 0 Å². The van der Waals surface area contributed by atoms with Crippen LogP contribution in [0.3, 0.4) is 0 Å². The van der Waals surface area contributed by atoms with Crippen LogP contribution in [0.25, 0.3) is 0 Å². The summed E-state index contributed by atoms with van der Waals surface area (Å²) < 4.78 is 0.655. The third-order valence-corrected chi connectivity index (χ3v) is 2.76. The van der Waals surface area contributed by atoms with Gasteiger partial charge in [0.25, 0.3) is 0 Å². The van der Waals surface area contributed by atoms with Crippen molar-refractivity contribution in [2.24, 2.45) is 0 Å². The van der Waals surface area contributed by atoms with E-state index in [4.69, 9.17) is 12.2 Å². The highest BCUT2D eigenvalue weighted by Gasteiger charge is 2.20. The maximum Gasteiger partial charge on any atom is 0.322 e. The number of nitrogens with one attached hydrogen (secondary N) is 1. The van der Waals surface area contributed by atoms with Crippen LogP contribution in [0.4, 0.5) is 4.79 Å². The molecule has 5 heteroatoms. The summed E-state index contributed by atoms with van der Waals surface area (Å²) in [5.74, 6) is 0. The van der Waals surface area contributed by atoms with Crippen LogP contribution in [-0.2, 0) is 0 Å². The molecule has 0 bridgehead atoms. The van der Waals surface area contributed by atoms with Gasteiger partial charge in [-0.15, -0.1) is 0 Å². The molecule has 1 aliphatic heterocycles. The lowest BCUT2D eigenvalue weighted by Crippen LogP contribution is -2.47. The Bertz CT molecular complexity index is 175. The predicted molar refractivity (Wildman–Crippen MR) is 50.8 cm³/mol. The van der Waals surface area contributed by atoms with Gasteiger partial charge in [-0.25, -0.2) is 4.79 Å². The van der Waals surface area contributed by atoms with Crippen LogP contribution in [0.15, 0.2) is 0 Å². The largest absolute Gasteiger partial charge is 0.338 e. The highest BCUT2D eigenvalue weighted by atomic mass is 32.2. The van der Waals surface area contributed by atoms with E-state index in [2.05, 4.69) is 5.32 Å². The van der Waals surface area contributed by atoms with E-state index in [9.17, 15) is 4.79 Å². The average molecular weight is 190 g/mol. The molecule has 0 aliphatic carbocycles. The summed E-state index contributed by atoms with van der Waals surface area (Å²) in [6.45, 7) is 1.53. The van der Waals surface area contributed by atoms with Crippen LogP contribution in [-0.4, -0.2) is 34.6 Å². The Labute approximate surface area is 75.5 Å². The van der Waals surface area contributed by atoms with E-state index in [-0.39, 0.29) is 6.03 Å². The molecule has 1 N–H and O–H groups in total. The Balaban J connectivity index is 2.54. The lowest BCUT2D eigenvalue weighted by atomic mass is 10.3. The molecule has 2 amide bonds. The van der Waals surface area contributed by atoms with Crippen LogP contribution in [0, 0.1) is 0 Å². The Morgan fingerprint density at radius 1 is 1.82 bits per heavy atom. The van der Waals surface area contributed by atoms with E-state index in [1.165, 1.54) is 11.8 Å². The third kappa shape index (κ3) is 2.07. The van der Waals surface area contributed by atoms with Crippen LogP contribution in [0.1, 0.15) is 6.42 Å². The third-order valence-electron chi connectivity index (χ3n) is 1.47. The highest BCUT2D eigenvalue weighted by Crippen LogP contribution is 2.08. The summed E-state index contributed by atoms with van der Waals surface area (Å²) in [5, 5.41) is 2.73. The lowest BCUT2D eigenvalue weighted by Gasteiger charge is -2.26. The maximum atomic E-state index is 11.1. The van der Waals surface area contributed by atoms with Crippen LogP contribution in [0.2, 0.25) is 0 Å². The zero-order chi connectivity index (χ0) is 8.27. The summed E-state index contributed by atoms with van der Waals surface area (Å²) >= 11 is 6.41. The minimum atomic E-state index is -0.0596. The first-order valence-corrected chi connectivity index (χ1v) is 5.02. The normalized spacial score (nSPS) is 17.9. The Morgan fingerprint density at radius 2 is 2.55 bits per heavy atom. The zero-order valence-electron chi connectivity index (χ0n) is 6.29. The number of urea groups is 1. The highest BCUT2D eigenvalue weighted by molar-refractivity contribution is 8.22. The van der Waals surface area contributed by atoms with Gasteiger partial charge in [-0.1, -0.05) is 24.0 Å². The number of thiocarbonyl (C=S) groups is 1. The molecule has 0 spiro atoms. The van der Waals surface area contributed by atoms with E-state index in [1.807, 2.05) is 6.26 Å². The second-order valence-corrected chi connectivity index (χ2v) is 3.65. The Kier molecular flexibility index (Phi) is 3.14. The molecule has 0 radical (unpaired) electrons. The molecule has 0 saturated carbocycles. The van der Waals surface area contributed by atoms with Crippen LogP contribution < -0.4 is 5.32 Å². The SMILES string of the molecule is CSC(=S)N1CCCNC1=O. The second-order valence-electron chi connectivity index (χ2n) is 2.21. The van der Waals surface area contributed by atoms with E-state index < -0.39 is 0 Å². The van der Waals surface area contributed by atoms with Gasteiger partial charge in [-0.3, -0.25) is 4.90 Å². The molecular weight excluding hydrogens is 180 g/mol. The van der Waals surface area contributed by atoms with Gasteiger partial charge in [0.1, 0.15) is 4.32 Å². The fourth-order valence-electron chi connectivity index (χ4n) is 0.914. The van der Waals surface area contributed by atoms with Crippen molar-refractivity contribution < 1.29 is 4.79 Å². The van der Waals surface area contributed by atoms with Gasteiger partial charge in [0.2, 0.25) is 0 Å². The van der Waals surface area contributed by atoms with Crippen molar-refractivity contribution in [1.82, 2.24) is 10.2 Å². The van der Waals surface area contributed by atoms with Crippen molar-refractivity contribution in [3.05, 3.63) is 0 Å². The van der Waals surface area contributed by atoms with Crippen molar-refractivity contribution in [3.8, 4) is 0 Å². The monoisotopic (exact) mass is 190 g/mol. The molecule has 1 aliphatic rings. The van der Waals surface area contributed by atoms with Crippen molar-refractivity contribution in [3.63, 3.8) is 0 Å². The minimum Gasteiger partial charge on any atom is -0.338 e. The van der Waals surface area contributed by atoms with Gasteiger partial charge < -0.3 is 5.32 Å². The van der Waals surface area contributed by atoms with E-state index in [0.717, 1.165) is 19.5 Å². The fraction of sp³-hybridized carbons (Fsp3) is 0.667. The molecule has 3 nitrogen and oxygen atoms in total. The van der Waals surface area contributed by atoms with Gasteiger partial charge in [-0.05, 0) is 12.7 Å². The Hall–Kier alpha value is -0.290. The maximum absolute atomic E-state index is 11.1. The molecule has 0 aromatic carbocycles. The standard InChI is InChI=1S/C6H10N2OS2/c1-11-6(10)8-4-2-3-7-5(8)9/h2-4H2,1H3,(H,7,9). The Morgan fingerprint density at radius 3 is 3.09 bits per heavy atom. The molecule has 1 heterocycles. The van der Waals surface area contributed by atoms with E-state index in [0.29, 0.717) is 4.32 Å². The minimum absolute atomic E-state index is 0.0596. The first kappa shape index (κ1) is 8.80. The number of hydrogen-bond acceptors (Lipinski definition) is 3. The number of carbonyl (C=O) groups excluding carboxylic acids is 1. The molecular formula is C6H10N2OS2. The number of nitrogens with zero attached hydrogens (tertiary/aromatic N) is 1. The summed E-state index contributed by atoms with van der Waals surface area (Å²) in [5.41, 5.74) is 0. The number of rotatable bonds is 0. The van der Waals surface area contributed by atoms with Crippen LogP contribution in [0.5, 0.6) is 0 Å². The van der Waals surface area contributed by atoms with Gasteiger partial charge >= 0.3 is 6.03 Å². The van der Waals surface area contributed by atoms with Crippen molar-refractivity contribution in [2.75, 3.05) is 19.3 Å². The molecule has 0 aromatic heterocycles. The molecule has 62 valence electrons. The first-order chi connectivity index (χ1) is 5.25. The second kappa shape index (κ2) is 3.92. The summed E-state index contributed by atoms with van der Waals surface area (Å²) in [4.78, 5) is 12.7. The van der Waals surface area contributed by atoms with Gasteiger partial charge in [0.15, 0.2) is 0 Å². The first-order valence-electron chi connectivity index (χ1n) is 3.39. The smallest absolute Gasteiger partial charge is 0.322 e. The van der Waals surface area contributed by atoms with E-state index in [1.54, 1.807) is 4.90 Å². The fourth-order valence-corrected chi connectivity index (χ4v) is 1.48. The zero-order valence-corrected chi connectivity index (χ0v) is 7.93. The molecule has 0 aromatic rings. The quantitative estimate of drug-likeness (QED) is 0.579. The topological polar surface area (TPSA) is 32.3 Å². The molecule has 1 saturated heterocycles. The molecule has 0 atom stereocenters. The molecule has 11 heavy (non-hydrogen) atoms. The van der Waals surface area contributed by atoms with Gasteiger partial charge in [-0.2, -0.15) is 0 Å². The average Bonchev–Trinajstić information content (AvgIpc) is 2.04. The summed E-state index contributed by atoms with van der Waals surface area (Å²) in [6, 6.07) is -0.0596. The molecule has 1 rings (SSSR count). The number of amides is 2. The predicted octanol–water partition coefficient (Wildman–Crippen LogP) is 1.05. The summed E-state index contributed by atoms with van der Waals surface area (Å²) in [7, 11) is 0. The molecule has 1 fully saturated rings. The van der Waals surface area contributed by atoms with E-state index >= 15 is 0 Å². The molecule has 0 unspecified atom stereocenters. The van der Waals surface area contributed by atoms with Crippen molar-refractivity contribution in [2.45, 2.75) is 6.42 Å². The van der Waals surface area contributed by atoms with Crippen molar-refractivity contribution >= 4 is 34.3 Å². The van der Waals surface area contributed by atoms with Crippen LogP contribution >= 0.6 is 24.0 Å².